The number of halogens is 1. The summed E-state index contributed by atoms with van der Waals surface area (Å²) in [5, 5.41) is 12.7. The Kier molecular flexibility index (Phi) is 3.32. The van der Waals surface area contributed by atoms with Crippen molar-refractivity contribution in [3.05, 3.63) is 58.2 Å². The third-order valence-electron chi connectivity index (χ3n) is 3.48. The van der Waals surface area contributed by atoms with E-state index in [9.17, 15) is 9.90 Å². The van der Waals surface area contributed by atoms with Gasteiger partial charge in [-0.3, -0.25) is 0 Å². The van der Waals surface area contributed by atoms with E-state index in [4.69, 9.17) is 11.6 Å². The van der Waals surface area contributed by atoms with Crippen LogP contribution in [-0.4, -0.2) is 22.1 Å². The largest absolute Gasteiger partial charge is 0.478 e. The molecule has 0 amide bonds. The fourth-order valence-electron chi connectivity index (χ4n) is 2.57. The number of carbonyl (C=O) groups is 1. The molecule has 0 saturated heterocycles. The molecule has 5 heteroatoms. The highest BCUT2D eigenvalue weighted by atomic mass is 35.5. The second-order valence-electron chi connectivity index (χ2n) is 4.85. The molecule has 2 N–H and O–H groups in total. The van der Waals surface area contributed by atoms with E-state index >= 15 is 0 Å². The van der Waals surface area contributed by atoms with Crippen molar-refractivity contribution in [2.24, 2.45) is 0 Å². The summed E-state index contributed by atoms with van der Waals surface area (Å²) in [7, 11) is 0. The van der Waals surface area contributed by atoms with Gasteiger partial charge in [0, 0.05) is 6.04 Å². The number of rotatable bonds is 3. The lowest BCUT2D eigenvalue weighted by atomic mass is 10.1. The van der Waals surface area contributed by atoms with E-state index in [2.05, 4.69) is 22.4 Å². The number of pyridine rings is 1. The molecule has 2 aromatic rings. The van der Waals surface area contributed by atoms with Crippen molar-refractivity contribution in [2.75, 3.05) is 5.32 Å². The van der Waals surface area contributed by atoms with Crippen molar-refractivity contribution in [3.63, 3.8) is 0 Å². The second kappa shape index (κ2) is 5.13. The van der Waals surface area contributed by atoms with Crippen molar-refractivity contribution in [1.82, 2.24) is 4.98 Å². The zero-order chi connectivity index (χ0) is 14.1. The normalized spacial score (nSPS) is 14.1. The highest BCUT2D eigenvalue weighted by molar-refractivity contribution is 6.29. The van der Waals surface area contributed by atoms with Crippen LogP contribution in [0, 0.1) is 0 Å². The van der Waals surface area contributed by atoms with Gasteiger partial charge in [-0.1, -0.05) is 35.9 Å². The molecule has 1 heterocycles. The van der Waals surface area contributed by atoms with E-state index in [0.29, 0.717) is 5.82 Å². The molecule has 0 atom stereocenters. The van der Waals surface area contributed by atoms with Crippen LogP contribution in [-0.2, 0) is 12.8 Å². The Morgan fingerprint density at radius 3 is 2.45 bits per heavy atom. The average Bonchev–Trinajstić information content (AvgIpc) is 2.80. The third kappa shape index (κ3) is 2.47. The second-order valence-corrected chi connectivity index (χ2v) is 5.24. The number of carboxylic acid groups (broad SMARTS) is 1. The van der Waals surface area contributed by atoms with E-state index in [0.717, 1.165) is 12.8 Å². The lowest BCUT2D eigenvalue weighted by Crippen LogP contribution is -2.22. The maximum Gasteiger partial charge on any atom is 0.339 e. The summed E-state index contributed by atoms with van der Waals surface area (Å²) in [5.74, 6) is -0.671. The molecule has 0 fully saturated rings. The van der Waals surface area contributed by atoms with E-state index in [1.54, 1.807) is 0 Å². The summed E-state index contributed by atoms with van der Waals surface area (Å²) >= 11 is 5.85. The number of aromatic nitrogens is 1. The molecule has 20 heavy (non-hydrogen) atoms. The SMILES string of the molecule is O=C(O)c1ccc(Cl)nc1NC1Cc2ccccc2C1. The van der Waals surface area contributed by atoms with Crippen LogP contribution in [0.3, 0.4) is 0 Å². The molecule has 102 valence electrons. The number of fused-ring (bicyclic) bond motifs is 1. The smallest absolute Gasteiger partial charge is 0.339 e. The monoisotopic (exact) mass is 288 g/mol. The van der Waals surface area contributed by atoms with Gasteiger partial charge in [-0.15, -0.1) is 0 Å². The molecule has 0 aliphatic heterocycles. The number of benzene rings is 1. The molecule has 1 aromatic carbocycles. The summed E-state index contributed by atoms with van der Waals surface area (Å²) in [6.07, 6.45) is 1.73. The Morgan fingerprint density at radius 2 is 1.85 bits per heavy atom. The van der Waals surface area contributed by atoms with Crippen molar-refractivity contribution in [2.45, 2.75) is 18.9 Å². The van der Waals surface area contributed by atoms with Gasteiger partial charge in [0.2, 0.25) is 0 Å². The predicted octanol–water partition coefficient (Wildman–Crippen LogP) is 3.01. The first-order valence-electron chi connectivity index (χ1n) is 6.36. The van der Waals surface area contributed by atoms with Crippen LogP contribution in [0.5, 0.6) is 0 Å². The van der Waals surface area contributed by atoms with E-state index in [1.165, 1.54) is 23.3 Å². The molecule has 1 aliphatic rings. The fourth-order valence-corrected chi connectivity index (χ4v) is 2.72. The molecule has 4 nitrogen and oxygen atoms in total. The Balaban J connectivity index is 1.83. The van der Waals surface area contributed by atoms with Crippen molar-refractivity contribution in [1.29, 1.82) is 0 Å². The number of anilines is 1. The van der Waals surface area contributed by atoms with Gasteiger partial charge in [-0.2, -0.15) is 0 Å². The average molecular weight is 289 g/mol. The number of nitrogens with one attached hydrogen (secondary N) is 1. The number of hydrogen-bond donors (Lipinski definition) is 2. The molecule has 0 saturated carbocycles. The van der Waals surface area contributed by atoms with Crippen molar-refractivity contribution < 1.29 is 9.90 Å². The van der Waals surface area contributed by atoms with Crippen LogP contribution < -0.4 is 5.32 Å². The van der Waals surface area contributed by atoms with Gasteiger partial charge in [0.25, 0.3) is 0 Å². The van der Waals surface area contributed by atoms with Crippen LogP contribution in [0.4, 0.5) is 5.82 Å². The molecule has 0 unspecified atom stereocenters. The highest BCUT2D eigenvalue weighted by Crippen LogP contribution is 2.25. The van der Waals surface area contributed by atoms with Gasteiger partial charge in [0.1, 0.15) is 16.5 Å². The van der Waals surface area contributed by atoms with Gasteiger partial charge in [0.15, 0.2) is 0 Å². The van der Waals surface area contributed by atoms with Crippen LogP contribution in [0.25, 0.3) is 0 Å². The van der Waals surface area contributed by atoms with Crippen LogP contribution in [0.1, 0.15) is 21.5 Å². The first-order chi connectivity index (χ1) is 9.63. The first kappa shape index (κ1) is 12.9. The maximum absolute atomic E-state index is 11.2. The van der Waals surface area contributed by atoms with Gasteiger partial charge < -0.3 is 10.4 Å². The minimum Gasteiger partial charge on any atom is -0.478 e. The number of carboxylic acids is 1. The van der Waals surface area contributed by atoms with Gasteiger partial charge in [0.05, 0.1) is 0 Å². The Hall–Kier alpha value is -2.07. The summed E-state index contributed by atoms with van der Waals surface area (Å²) in [4.78, 5) is 15.3. The van der Waals surface area contributed by atoms with Crippen LogP contribution >= 0.6 is 11.6 Å². The molecule has 1 aromatic heterocycles. The minimum atomic E-state index is -1.01. The van der Waals surface area contributed by atoms with E-state index in [-0.39, 0.29) is 16.8 Å². The zero-order valence-corrected chi connectivity index (χ0v) is 11.4. The van der Waals surface area contributed by atoms with E-state index in [1.807, 2.05) is 12.1 Å². The standard InChI is InChI=1S/C15H13ClN2O2/c16-13-6-5-12(15(19)20)14(18-13)17-11-7-9-3-1-2-4-10(9)8-11/h1-6,11H,7-8H2,(H,17,18)(H,19,20). The lowest BCUT2D eigenvalue weighted by molar-refractivity contribution is 0.0697. The zero-order valence-electron chi connectivity index (χ0n) is 10.6. The van der Waals surface area contributed by atoms with Gasteiger partial charge in [-0.05, 0) is 36.1 Å². The molecule has 1 aliphatic carbocycles. The maximum atomic E-state index is 11.2. The molecule has 0 bridgehead atoms. The summed E-state index contributed by atoms with van der Waals surface area (Å²) in [5.41, 5.74) is 2.73. The lowest BCUT2D eigenvalue weighted by Gasteiger charge is -2.14. The highest BCUT2D eigenvalue weighted by Gasteiger charge is 2.23. The number of nitrogens with zero attached hydrogens (tertiary/aromatic N) is 1. The van der Waals surface area contributed by atoms with E-state index < -0.39 is 5.97 Å². The van der Waals surface area contributed by atoms with Gasteiger partial charge in [-0.25, -0.2) is 9.78 Å². The molecule has 0 spiro atoms. The topological polar surface area (TPSA) is 62.2 Å². The first-order valence-corrected chi connectivity index (χ1v) is 6.74. The third-order valence-corrected chi connectivity index (χ3v) is 3.69. The van der Waals surface area contributed by atoms with Crippen LogP contribution in [0.15, 0.2) is 36.4 Å². The fraction of sp³-hybridized carbons (Fsp3) is 0.200. The number of hydrogen-bond acceptors (Lipinski definition) is 3. The Bertz CT molecular complexity index is 648. The quantitative estimate of drug-likeness (QED) is 0.852. The number of aromatic carboxylic acids is 1. The van der Waals surface area contributed by atoms with Crippen molar-refractivity contribution in [3.8, 4) is 0 Å². The molecular weight excluding hydrogens is 276 g/mol. The molecule has 0 radical (unpaired) electrons. The van der Waals surface area contributed by atoms with Crippen LogP contribution in [0.2, 0.25) is 5.15 Å². The van der Waals surface area contributed by atoms with Crippen molar-refractivity contribution >= 4 is 23.4 Å². The predicted molar refractivity (Wildman–Crippen MR) is 77.5 cm³/mol. The minimum absolute atomic E-state index is 0.144. The van der Waals surface area contributed by atoms with Gasteiger partial charge >= 0.3 is 5.97 Å². The summed E-state index contributed by atoms with van der Waals surface area (Å²) in [6.45, 7) is 0. The Labute approximate surface area is 121 Å². The summed E-state index contributed by atoms with van der Waals surface area (Å²) < 4.78 is 0. The molecular formula is C15H13ClN2O2. The molecule has 3 rings (SSSR count). The Morgan fingerprint density at radius 1 is 1.20 bits per heavy atom. The summed E-state index contributed by atoms with van der Waals surface area (Å²) in [6, 6.07) is 11.3.